The van der Waals surface area contributed by atoms with Crippen LogP contribution in [0.25, 0.3) is 11.1 Å². The second kappa shape index (κ2) is 14.1. The van der Waals surface area contributed by atoms with Crippen molar-refractivity contribution in [1.29, 1.82) is 0 Å². The number of nitrogen functional groups attached to an aromatic ring is 1. The van der Waals surface area contributed by atoms with Crippen LogP contribution in [0, 0.1) is 11.6 Å². The molecule has 3 heterocycles. The Bertz CT molecular complexity index is 1840. The van der Waals surface area contributed by atoms with Crippen LogP contribution in [0.1, 0.15) is 26.0 Å². The molecule has 0 saturated carbocycles. The fraction of sp³-hybridized carbons (Fsp3) is 0.385. The number of ether oxygens (including phenoxy) is 1. The lowest BCUT2D eigenvalue weighted by Gasteiger charge is -2.50. The lowest BCUT2D eigenvalue weighted by Crippen LogP contribution is -2.76. The highest BCUT2D eigenvalue weighted by Crippen LogP contribution is 2.33. The molecule has 18 nitrogen and oxygen atoms in total. The highest BCUT2D eigenvalue weighted by molar-refractivity contribution is 7.80. The Kier molecular flexibility index (Phi) is 10.6. The molecule has 0 aliphatic carbocycles. The first-order valence-electron chi connectivity index (χ1n) is 13.8. The van der Waals surface area contributed by atoms with Crippen molar-refractivity contribution < 1.29 is 59.8 Å². The van der Waals surface area contributed by atoms with Gasteiger partial charge in [-0.3, -0.25) is 14.1 Å². The summed E-state index contributed by atoms with van der Waals surface area (Å²) in [5, 5.41) is 17.2. The van der Waals surface area contributed by atoms with E-state index in [1.165, 1.54) is 25.4 Å². The molecule has 2 aromatic heterocycles. The molecule has 7 N–H and O–H groups in total. The number of benzene rings is 1. The molecule has 260 valence electrons. The summed E-state index contributed by atoms with van der Waals surface area (Å²) in [6.45, 7) is 2.75. The summed E-state index contributed by atoms with van der Waals surface area (Å²) in [6.07, 6.45) is 1.80. The number of thiazole rings is 1. The van der Waals surface area contributed by atoms with Gasteiger partial charge in [0.1, 0.15) is 35.7 Å². The number of hydrogen-bond donors (Lipinski definition) is 5. The maximum atomic E-state index is 15.1. The number of aryl methyl sites for hydroxylation is 2. The molecule has 0 spiro atoms. The fourth-order valence-electron chi connectivity index (χ4n) is 4.53. The van der Waals surface area contributed by atoms with E-state index in [1.54, 1.807) is 22.6 Å². The molecule has 0 bridgehead atoms. The molecule has 22 heteroatoms. The quantitative estimate of drug-likeness (QED) is 0.0447. The van der Waals surface area contributed by atoms with E-state index in [0.29, 0.717) is 24.6 Å². The number of rotatable bonds is 15. The lowest BCUT2D eigenvalue weighted by atomic mass is 9.84. The summed E-state index contributed by atoms with van der Waals surface area (Å²) in [7, 11) is -3.36. The number of anilines is 1. The molecule has 1 aliphatic rings. The highest BCUT2D eigenvalue weighted by Gasteiger charge is 2.58. The van der Waals surface area contributed by atoms with Crippen LogP contribution in [0.15, 0.2) is 35.1 Å². The van der Waals surface area contributed by atoms with E-state index >= 15 is 8.78 Å². The van der Waals surface area contributed by atoms with Crippen molar-refractivity contribution in [2.75, 3.05) is 18.9 Å². The smallest absolute Gasteiger partial charge is 0.418 e. The Morgan fingerprint density at radius 2 is 1.96 bits per heavy atom. The largest absolute Gasteiger partial charge is 0.489 e. The molecule has 4 rings (SSSR count). The fourth-order valence-corrected chi connectivity index (χ4v) is 5.53. The second-order valence-electron chi connectivity index (χ2n) is 10.8. The van der Waals surface area contributed by atoms with Crippen molar-refractivity contribution in [2.24, 2.45) is 17.9 Å². The first-order chi connectivity index (χ1) is 22.4. The molecule has 2 amide bonds. The topological polar surface area (TPSA) is 255 Å². The third-order valence-electron chi connectivity index (χ3n) is 6.96. The van der Waals surface area contributed by atoms with Crippen LogP contribution in [-0.4, -0.2) is 87.1 Å². The van der Waals surface area contributed by atoms with E-state index in [1.807, 2.05) is 0 Å². The Labute approximate surface area is 275 Å². The van der Waals surface area contributed by atoms with Crippen LogP contribution in [-0.2, 0) is 47.5 Å². The number of hydroxylamine groups is 2. The molecule has 1 aliphatic heterocycles. The van der Waals surface area contributed by atoms with Gasteiger partial charge in [-0.15, -0.1) is 20.3 Å². The van der Waals surface area contributed by atoms with Crippen LogP contribution in [0.5, 0.6) is 5.75 Å². The van der Waals surface area contributed by atoms with E-state index in [9.17, 15) is 27.9 Å². The maximum absolute atomic E-state index is 15.1. The Morgan fingerprint density at radius 3 is 2.50 bits per heavy atom. The zero-order valence-corrected chi connectivity index (χ0v) is 27.1. The van der Waals surface area contributed by atoms with Gasteiger partial charge in [-0.2, -0.15) is 18.2 Å². The molecule has 0 radical (unpaired) electrons. The summed E-state index contributed by atoms with van der Waals surface area (Å²) in [5.41, 5.74) is 8.80. The summed E-state index contributed by atoms with van der Waals surface area (Å²) in [6, 6.07) is 0.328. The third-order valence-corrected chi connectivity index (χ3v) is 7.98. The number of carbonyl (C=O) groups is 3. The van der Waals surface area contributed by atoms with Gasteiger partial charge in [0.25, 0.3) is 17.9 Å². The van der Waals surface area contributed by atoms with Gasteiger partial charge in [0, 0.05) is 17.5 Å². The molecule has 48 heavy (non-hydrogen) atoms. The van der Waals surface area contributed by atoms with Gasteiger partial charge in [-0.05, 0) is 26.8 Å². The molecule has 1 fully saturated rings. The number of hydrogen-bond acceptors (Lipinski definition) is 13. The van der Waals surface area contributed by atoms with E-state index in [0.717, 1.165) is 23.5 Å². The van der Waals surface area contributed by atoms with Gasteiger partial charge < -0.3 is 31.5 Å². The summed E-state index contributed by atoms with van der Waals surface area (Å²) >= 11 is 0.892. The number of nitrogens with two attached hydrogens (primary N) is 2. The minimum absolute atomic E-state index is 0.00947. The minimum Gasteiger partial charge on any atom is -0.489 e. The number of halogens is 2. The standard InChI is InChI=1S/C26H30F2N8O10S2/c1-26(2)21(23(38)36(26)46-48(41,42)43)32-22(37)20(17-12-47-25(30)31-17)33-45-18(24(39)40)11-44-14-7-15(27)19(16(28)8-14)13-9-34(3)35(10-13)6-4-5-29/h7-10,12,18,21H,4-6,11,29H2,1-3H3,(H4-,30,31,32,37,39,40,41,42,43)/p+1/b33-20-/t18?,21-/m1/s1. The van der Waals surface area contributed by atoms with Crippen molar-refractivity contribution in [2.45, 2.75) is 44.5 Å². The van der Waals surface area contributed by atoms with E-state index < -0.39 is 69.8 Å². The first-order valence-corrected chi connectivity index (χ1v) is 16.1. The molecule has 2 atom stereocenters. The molecular weight excluding hydrogens is 686 g/mol. The van der Waals surface area contributed by atoms with Gasteiger partial charge >= 0.3 is 16.4 Å². The van der Waals surface area contributed by atoms with Gasteiger partial charge in [-0.25, -0.2) is 18.6 Å². The normalized spacial score (nSPS) is 16.7. The van der Waals surface area contributed by atoms with Gasteiger partial charge in [0.05, 0.1) is 29.4 Å². The van der Waals surface area contributed by atoms with Gasteiger partial charge in [0.15, 0.2) is 17.9 Å². The van der Waals surface area contributed by atoms with Crippen LogP contribution in [0.3, 0.4) is 0 Å². The number of aliphatic carboxylic acids is 1. The Balaban J connectivity index is 1.50. The van der Waals surface area contributed by atoms with Crippen molar-refractivity contribution in [3.63, 3.8) is 0 Å². The molecule has 1 saturated heterocycles. The van der Waals surface area contributed by atoms with Crippen LogP contribution in [0.4, 0.5) is 13.9 Å². The Hall–Kier alpha value is -4.77. The van der Waals surface area contributed by atoms with E-state index in [2.05, 4.69) is 19.7 Å². The number of carboxylic acid groups (broad SMARTS) is 1. The molecule has 1 unspecified atom stereocenters. The predicted octanol–water partition coefficient (Wildman–Crippen LogP) is -0.262. The minimum atomic E-state index is -5.06. The summed E-state index contributed by atoms with van der Waals surface area (Å²) in [4.78, 5) is 46.6. The Morgan fingerprint density at radius 1 is 1.29 bits per heavy atom. The zero-order valence-electron chi connectivity index (χ0n) is 25.5. The maximum Gasteiger partial charge on any atom is 0.418 e. The summed E-state index contributed by atoms with van der Waals surface area (Å²) in [5.74, 6) is -6.14. The highest BCUT2D eigenvalue weighted by atomic mass is 32.3. The first kappa shape index (κ1) is 36.1. The van der Waals surface area contributed by atoms with Crippen molar-refractivity contribution in [3.05, 3.63) is 47.2 Å². The van der Waals surface area contributed by atoms with Crippen LogP contribution >= 0.6 is 11.3 Å². The van der Waals surface area contributed by atoms with Gasteiger partial charge in [-0.1, -0.05) is 5.16 Å². The lowest BCUT2D eigenvalue weighted by molar-refractivity contribution is -0.753. The number of nitrogens with one attached hydrogen (secondary N) is 1. The second-order valence-corrected chi connectivity index (χ2v) is 12.7. The number of β-lactam (4-membered cyclic amide) rings is 1. The van der Waals surface area contributed by atoms with Crippen molar-refractivity contribution in [1.82, 2.24) is 20.0 Å². The van der Waals surface area contributed by atoms with Gasteiger partial charge in [0.2, 0.25) is 6.20 Å². The zero-order chi connectivity index (χ0) is 35.6. The number of carbonyl (C=O) groups excluding carboxylic acids is 2. The number of amides is 2. The molecular formula is C26H31F2N8O10S2+. The SMILES string of the molecule is C[n+]1cc(-c2c(F)cc(OCC(O/N=C(\C(=O)N[C@@H]3C(=O)N(OS(=O)(=O)O)C3(C)C)c3csc(N)n3)C(=O)O)cc2F)cn1CCCN. The monoisotopic (exact) mass is 717 g/mol. The van der Waals surface area contributed by atoms with E-state index in [-0.39, 0.29) is 27.7 Å². The van der Waals surface area contributed by atoms with Crippen LogP contribution < -0.4 is 26.2 Å². The summed E-state index contributed by atoms with van der Waals surface area (Å²) < 4.78 is 74.1. The number of oxime groups is 1. The third kappa shape index (κ3) is 8.02. The average molecular weight is 718 g/mol. The van der Waals surface area contributed by atoms with E-state index in [4.69, 9.17) is 25.6 Å². The molecule has 1 aromatic carbocycles. The number of nitrogens with zero attached hydrogens (tertiary/aromatic N) is 5. The predicted molar refractivity (Wildman–Crippen MR) is 161 cm³/mol. The average Bonchev–Trinajstić information content (AvgIpc) is 3.58. The van der Waals surface area contributed by atoms with Crippen molar-refractivity contribution >= 4 is 50.4 Å². The number of aromatic nitrogens is 3. The number of carboxylic acids is 1. The van der Waals surface area contributed by atoms with Crippen LogP contribution in [0.2, 0.25) is 0 Å². The molecule has 3 aromatic rings. The van der Waals surface area contributed by atoms with Crippen molar-refractivity contribution in [3.8, 4) is 16.9 Å².